The van der Waals surface area contributed by atoms with Gasteiger partial charge < -0.3 is 20.5 Å². The molecule has 0 aromatic heterocycles. The molecule has 0 aliphatic heterocycles. The second-order valence-electron chi connectivity index (χ2n) is 7.47. The molecule has 0 spiro atoms. The summed E-state index contributed by atoms with van der Waals surface area (Å²) >= 11 is 0. The third kappa shape index (κ3) is 5.49. The molecule has 2 aromatic rings. The van der Waals surface area contributed by atoms with Crippen molar-refractivity contribution in [3.63, 3.8) is 0 Å². The van der Waals surface area contributed by atoms with E-state index in [0.717, 1.165) is 36.3 Å². The summed E-state index contributed by atoms with van der Waals surface area (Å²) in [7, 11) is 0. The number of nitrogens with zero attached hydrogens (tertiary/aromatic N) is 1. The van der Waals surface area contributed by atoms with Crippen LogP contribution < -0.4 is 15.4 Å². The lowest BCUT2D eigenvalue weighted by Crippen LogP contribution is -2.44. The van der Waals surface area contributed by atoms with Crippen LogP contribution in [0.2, 0.25) is 0 Å². The van der Waals surface area contributed by atoms with Crippen molar-refractivity contribution in [1.82, 2.24) is 10.6 Å². The summed E-state index contributed by atoms with van der Waals surface area (Å²) in [5.41, 5.74) is 0.960. The van der Waals surface area contributed by atoms with Gasteiger partial charge in [0, 0.05) is 12.1 Å². The Labute approximate surface area is 167 Å². The Balaban J connectivity index is 1.64. The van der Waals surface area contributed by atoms with Crippen molar-refractivity contribution in [2.75, 3.05) is 13.1 Å². The third-order valence-electron chi connectivity index (χ3n) is 5.07. The van der Waals surface area contributed by atoms with Gasteiger partial charge in [-0.2, -0.15) is 0 Å². The molecule has 0 heterocycles. The largest absolute Gasteiger partial charge is 0.490 e. The zero-order valence-electron chi connectivity index (χ0n) is 16.8. The van der Waals surface area contributed by atoms with Crippen molar-refractivity contribution in [2.24, 2.45) is 4.99 Å². The van der Waals surface area contributed by atoms with Gasteiger partial charge in [-0.15, -0.1) is 0 Å². The first-order chi connectivity index (χ1) is 13.6. The minimum Gasteiger partial charge on any atom is -0.490 e. The van der Waals surface area contributed by atoms with Crippen molar-refractivity contribution in [3.8, 4) is 5.75 Å². The van der Waals surface area contributed by atoms with Crippen molar-refractivity contribution in [1.29, 1.82) is 0 Å². The average molecular weight is 382 g/mol. The van der Waals surface area contributed by atoms with Gasteiger partial charge >= 0.3 is 0 Å². The fraction of sp³-hybridized carbons (Fsp3) is 0.435. The highest BCUT2D eigenvalue weighted by Gasteiger charge is 2.23. The molecule has 5 nitrogen and oxygen atoms in total. The number of aliphatic imine (C=N–C) groups is 1. The number of benzene rings is 2. The Morgan fingerprint density at radius 2 is 1.82 bits per heavy atom. The zero-order chi connectivity index (χ0) is 19.8. The summed E-state index contributed by atoms with van der Waals surface area (Å²) < 4.78 is 6.10. The van der Waals surface area contributed by atoms with E-state index in [2.05, 4.69) is 16.7 Å². The number of rotatable bonds is 8. The van der Waals surface area contributed by atoms with E-state index in [4.69, 9.17) is 9.73 Å². The molecule has 0 radical (unpaired) electrons. The zero-order valence-corrected chi connectivity index (χ0v) is 16.8. The maximum atomic E-state index is 10.8. The van der Waals surface area contributed by atoms with Crippen LogP contribution in [0.3, 0.4) is 0 Å². The Hall–Kier alpha value is -2.53. The summed E-state index contributed by atoms with van der Waals surface area (Å²) in [6.45, 7) is 5.47. The molecule has 1 saturated carbocycles. The molecule has 1 fully saturated rings. The summed E-state index contributed by atoms with van der Waals surface area (Å²) in [4.78, 5) is 4.70. The first kappa shape index (κ1) is 20.2. The third-order valence-corrected chi connectivity index (χ3v) is 5.07. The van der Waals surface area contributed by atoms with E-state index in [1.54, 1.807) is 6.92 Å². The molecule has 1 unspecified atom stereocenters. The Kier molecular flexibility index (Phi) is 6.93. The molecular formula is C23H31N3O2. The predicted octanol–water partition coefficient (Wildman–Crippen LogP) is 3.58. The summed E-state index contributed by atoms with van der Waals surface area (Å²) in [6, 6.07) is 17.8. The standard InChI is InChI=1S/C23H31N3O2/c1-3-24-22(26-17-23(2,27)19-11-5-4-6-12-19)25-16-18-10-7-8-15-21(18)28-20-13-9-14-20/h4-8,10-12,15,20,27H,3,9,13-14,16-17H2,1-2H3,(H2,24,25,26). The second kappa shape index (κ2) is 9.60. The topological polar surface area (TPSA) is 65.9 Å². The Bertz CT molecular complexity index is 770. The lowest BCUT2D eigenvalue weighted by atomic mass is 9.96. The van der Waals surface area contributed by atoms with Crippen molar-refractivity contribution >= 4 is 5.96 Å². The van der Waals surface area contributed by atoms with Gasteiger partial charge in [-0.3, -0.25) is 0 Å². The maximum Gasteiger partial charge on any atom is 0.191 e. The van der Waals surface area contributed by atoms with E-state index in [0.29, 0.717) is 25.2 Å². The molecule has 2 aromatic carbocycles. The van der Waals surface area contributed by atoms with Gasteiger partial charge in [0.2, 0.25) is 0 Å². The highest BCUT2D eigenvalue weighted by atomic mass is 16.5. The van der Waals surface area contributed by atoms with Gasteiger partial charge in [-0.05, 0) is 44.7 Å². The van der Waals surface area contributed by atoms with E-state index < -0.39 is 5.60 Å². The lowest BCUT2D eigenvalue weighted by molar-refractivity contribution is 0.0617. The van der Waals surface area contributed by atoms with Gasteiger partial charge in [0.05, 0.1) is 19.2 Å². The molecular weight excluding hydrogens is 350 g/mol. The number of guanidine groups is 1. The van der Waals surface area contributed by atoms with Crippen LogP contribution in [0.5, 0.6) is 5.75 Å². The SMILES string of the molecule is CCNC(=NCc1ccccc1OC1CCC1)NCC(C)(O)c1ccccc1. The number of ether oxygens (including phenoxy) is 1. The minimum absolute atomic E-state index is 0.345. The highest BCUT2D eigenvalue weighted by Crippen LogP contribution is 2.28. The van der Waals surface area contributed by atoms with Crippen molar-refractivity contribution in [3.05, 3.63) is 65.7 Å². The van der Waals surface area contributed by atoms with Crippen LogP contribution >= 0.6 is 0 Å². The quantitative estimate of drug-likeness (QED) is 0.483. The molecule has 1 aliphatic rings. The molecule has 0 bridgehead atoms. The molecule has 150 valence electrons. The van der Waals surface area contributed by atoms with Crippen LogP contribution in [0, 0.1) is 0 Å². The van der Waals surface area contributed by atoms with Crippen molar-refractivity contribution < 1.29 is 9.84 Å². The number of hydrogen-bond donors (Lipinski definition) is 3. The molecule has 0 saturated heterocycles. The van der Waals surface area contributed by atoms with Gasteiger partial charge in [-0.1, -0.05) is 48.5 Å². The number of para-hydroxylation sites is 1. The van der Waals surface area contributed by atoms with Crippen molar-refractivity contribution in [2.45, 2.75) is 51.4 Å². The lowest BCUT2D eigenvalue weighted by Gasteiger charge is -2.27. The van der Waals surface area contributed by atoms with Gasteiger partial charge in [0.1, 0.15) is 11.4 Å². The van der Waals surface area contributed by atoms with E-state index >= 15 is 0 Å². The summed E-state index contributed by atoms with van der Waals surface area (Å²) in [5, 5.41) is 17.3. The molecule has 1 atom stereocenters. The van der Waals surface area contributed by atoms with Gasteiger partial charge in [-0.25, -0.2) is 4.99 Å². The van der Waals surface area contributed by atoms with Gasteiger partial charge in [0.25, 0.3) is 0 Å². The van der Waals surface area contributed by atoms with Crippen LogP contribution in [-0.4, -0.2) is 30.3 Å². The number of hydrogen-bond acceptors (Lipinski definition) is 3. The van der Waals surface area contributed by atoms with Crippen LogP contribution in [0.25, 0.3) is 0 Å². The van der Waals surface area contributed by atoms with E-state index in [-0.39, 0.29) is 0 Å². The fourth-order valence-corrected chi connectivity index (χ4v) is 3.08. The smallest absolute Gasteiger partial charge is 0.191 e. The molecule has 1 aliphatic carbocycles. The Morgan fingerprint density at radius 3 is 2.50 bits per heavy atom. The van der Waals surface area contributed by atoms with E-state index in [1.807, 2.05) is 55.5 Å². The molecule has 28 heavy (non-hydrogen) atoms. The average Bonchev–Trinajstić information content (AvgIpc) is 2.68. The number of aliphatic hydroxyl groups is 1. The highest BCUT2D eigenvalue weighted by molar-refractivity contribution is 5.79. The summed E-state index contributed by atoms with van der Waals surface area (Å²) in [5.74, 6) is 1.60. The van der Waals surface area contributed by atoms with Crippen LogP contribution in [0.1, 0.15) is 44.2 Å². The van der Waals surface area contributed by atoms with E-state index in [1.165, 1.54) is 6.42 Å². The normalized spacial score (nSPS) is 16.8. The first-order valence-corrected chi connectivity index (χ1v) is 10.1. The van der Waals surface area contributed by atoms with E-state index in [9.17, 15) is 5.11 Å². The van der Waals surface area contributed by atoms with Crippen LogP contribution in [0.4, 0.5) is 0 Å². The second-order valence-corrected chi connectivity index (χ2v) is 7.47. The number of nitrogens with one attached hydrogen (secondary N) is 2. The maximum absolute atomic E-state index is 10.8. The van der Waals surface area contributed by atoms with Crippen LogP contribution in [0.15, 0.2) is 59.6 Å². The monoisotopic (exact) mass is 381 g/mol. The molecule has 5 heteroatoms. The first-order valence-electron chi connectivity index (χ1n) is 10.1. The minimum atomic E-state index is -0.983. The molecule has 3 N–H and O–H groups in total. The van der Waals surface area contributed by atoms with Crippen LogP contribution in [-0.2, 0) is 12.1 Å². The fourth-order valence-electron chi connectivity index (χ4n) is 3.08. The molecule has 0 amide bonds. The van der Waals surface area contributed by atoms with Gasteiger partial charge in [0.15, 0.2) is 5.96 Å². The predicted molar refractivity (Wildman–Crippen MR) is 114 cm³/mol. The summed E-state index contributed by atoms with van der Waals surface area (Å²) in [6.07, 6.45) is 3.87. The Morgan fingerprint density at radius 1 is 1.11 bits per heavy atom. The molecule has 3 rings (SSSR count).